The first-order chi connectivity index (χ1) is 9.52. The molecule has 1 aromatic carbocycles. The summed E-state index contributed by atoms with van der Waals surface area (Å²) in [5, 5.41) is 17.2. The highest BCUT2D eigenvalue weighted by Gasteiger charge is 2.17. The third-order valence-electron chi connectivity index (χ3n) is 2.36. The van der Waals surface area contributed by atoms with Gasteiger partial charge in [0.05, 0.1) is 18.6 Å². The first kappa shape index (κ1) is 14.5. The Kier molecular flexibility index (Phi) is 4.35. The second kappa shape index (κ2) is 6.02. The van der Waals surface area contributed by atoms with Gasteiger partial charge in [0.2, 0.25) is 5.95 Å². The number of aliphatic carboxylic acids is 1. The van der Waals surface area contributed by atoms with Crippen molar-refractivity contribution in [3.63, 3.8) is 0 Å². The molecule has 1 aromatic heterocycles. The summed E-state index contributed by atoms with van der Waals surface area (Å²) in [6, 6.07) is 5.00. The van der Waals surface area contributed by atoms with E-state index in [2.05, 4.69) is 10.2 Å². The number of carboxylic acids is 1. The highest BCUT2D eigenvalue weighted by molar-refractivity contribution is 7.99. The number of hydrogen-bond donors (Lipinski definition) is 2. The quantitative estimate of drug-likeness (QED) is 0.809. The van der Waals surface area contributed by atoms with Crippen molar-refractivity contribution in [1.82, 2.24) is 14.8 Å². The van der Waals surface area contributed by atoms with Crippen molar-refractivity contribution in [3.05, 3.63) is 23.2 Å². The maximum Gasteiger partial charge on any atom is 0.313 e. The lowest BCUT2D eigenvalue weighted by Gasteiger charge is -2.12. The third-order valence-corrected chi connectivity index (χ3v) is 3.51. The van der Waals surface area contributed by atoms with Gasteiger partial charge in [-0.3, -0.25) is 9.36 Å². The number of thioether (sulfide) groups is 1. The van der Waals surface area contributed by atoms with Crippen LogP contribution in [0.2, 0.25) is 5.02 Å². The Morgan fingerprint density at radius 2 is 2.30 bits per heavy atom. The van der Waals surface area contributed by atoms with Crippen molar-refractivity contribution in [3.8, 4) is 11.4 Å². The van der Waals surface area contributed by atoms with Gasteiger partial charge in [0.1, 0.15) is 5.75 Å². The highest BCUT2D eigenvalue weighted by atomic mass is 35.5. The van der Waals surface area contributed by atoms with E-state index in [0.29, 0.717) is 21.6 Å². The number of benzene rings is 1. The number of hydrogen-bond acceptors (Lipinski definition) is 6. The van der Waals surface area contributed by atoms with E-state index in [4.69, 9.17) is 27.2 Å². The first-order valence-electron chi connectivity index (χ1n) is 5.42. The zero-order valence-electron chi connectivity index (χ0n) is 10.4. The Morgan fingerprint density at radius 3 is 2.95 bits per heavy atom. The summed E-state index contributed by atoms with van der Waals surface area (Å²) < 4.78 is 6.74. The van der Waals surface area contributed by atoms with Crippen molar-refractivity contribution < 1.29 is 14.6 Å². The number of carbonyl (C=O) groups is 1. The molecule has 1 heterocycles. The van der Waals surface area contributed by atoms with Crippen molar-refractivity contribution >= 4 is 35.3 Å². The minimum Gasteiger partial charge on any atom is -0.495 e. The Labute approximate surface area is 123 Å². The number of nitrogens with zero attached hydrogens (tertiary/aromatic N) is 3. The second-order valence-corrected chi connectivity index (χ2v) is 5.05. The van der Waals surface area contributed by atoms with Crippen LogP contribution in [0, 0.1) is 0 Å². The summed E-state index contributed by atoms with van der Waals surface area (Å²) in [6.07, 6.45) is 0. The van der Waals surface area contributed by atoms with Crippen LogP contribution in [-0.2, 0) is 4.79 Å². The minimum absolute atomic E-state index is 0.124. The number of carboxylic acid groups (broad SMARTS) is 1. The first-order valence-corrected chi connectivity index (χ1v) is 6.78. The number of halogens is 1. The molecule has 0 unspecified atom stereocenters. The lowest BCUT2D eigenvalue weighted by Crippen LogP contribution is -2.06. The molecule has 0 saturated carbocycles. The zero-order chi connectivity index (χ0) is 14.7. The molecule has 20 heavy (non-hydrogen) atoms. The van der Waals surface area contributed by atoms with Gasteiger partial charge in [-0.2, -0.15) is 0 Å². The molecule has 106 valence electrons. The maximum atomic E-state index is 10.6. The summed E-state index contributed by atoms with van der Waals surface area (Å²) >= 11 is 6.98. The summed E-state index contributed by atoms with van der Waals surface area (Å²) in [5.74, 6) is -0.459. The topological polar surface area (TPSA) is 103 Å². The van der Waals surface area contributed by atoms with E-state index in [9.17, 15) is 4.79 Å². The van der Waals surface area contributed by atoms with Crippen LogP contribution in [0.25, 0.3) is 5.69 Å². The second-order valence-electron chi connectivity index (χ2n) is 3.67. The van der Waals surface area contributed by atoms with Gasteiger partial charge in [-0.05, 0) is 18.2 Å². The van der Waals surface area contributed by atoms with E-state index in [1.54, 1.807) is 18.2 Å². The fraction of sp³-hybridized carbons (Fsp3) is 0.182. The Balaban J connectivity index is 2.49. The van der Waals surface area contributed by atoms with E-state index in [1.165, 1.54) is 11.7 Å². The van der Waals surface area contributed by atoms with Crippen LogP contribution in [0.5, 0.6) is 5.75 Å². The molecule has 9 heteroatoms. The van der Waals surface area contributed by atoms with Gasteiger partial charge in [0.15, 0.2) is 5.16 Å². The third kappa shape index (κ3) is 2.97. The maximum absolute atomic E-state index is 10.6. The lowest BCUT2D eigenvalue weighted by molar-refractivity contribution is -0.133. The van der Waals surface area contributed by atoms with Crippen LogP contribution in [0.15, 0.2) is 23.4 Å². The number of ether oxygens (including phenoxy) is 1. The molecule has 0 amide bonds. The number of nitrogens with two attached hydrogens (primary N) is 1. The van der Waals surface area contributed by atoms with E-state index in [-0.39, 0.29) is 11.7 Å². The Morgan fingerprint density at radius 1 is 1.55 bits per heavy atom. The average molecular weight is 315 g/mol. The molecule has 3 N–H and O–H groups in total. The molecule has 2 aromatic rings. The SMILES string of the molecule is COc1ccc(Cl)cc1-n1c(N)nnc1SCC(=O)O. The van der Waals surface area contributed by atoms with Gasteiger partial charge >= 0.3 is 5.97 Å². The van der Waals surface area contributed by atoms with E-state index < -0.39 is 5.97 Å². The van der Waals surface area contributed by atoms with Crippen molar-refractivity contribution in [2.75, 3.05) is 18.6 Å². The zero-order valence-corrected chi connectivity index (χ0v) is 12.0. The van der Waals surface area contributed by atoms with Crippen LogP contribution >= 0.6 is 23.4 Å². The van der Waals surface area contributed by atoms with E-state index in [1.807, 2.05) is 0 Å². The molecule has 0 spiro atoms. The molecule has 0 radical (unpaired) electrons. The molecule has 7 nitrogen and oxygen atoms in total. The Hall–Kier alpha value is -1.93. The van der Waals surface area contributed by atoms with Crippen molar-refractivity contribution in [2.24, 2.45) is 0 Å². The summed E-state index contributed by atoms with van der Waals surface area (Å²) in [4.78, 5) is 10.6. The number of aromatic nitrogens is 3. The van der Waals surface area contributed by atoms with Gasteiger partial charge in [-0.25, -0.2) is 0 Å². The minimum atomic E-state index is -0.957. The standard InChI is InChI=1S/C11H11ClN4O3S/c1-19-8-3-2-6(12)4-7(8)16-10(13)14-15-11(16)20-5-9(17)18/h2-4H,5H2,1H3,(H2,13,14)(H,17,18). The Bertz CT molecular complexity index is 647. The van der Waals surface area contributed by atoms with Gasteiger partial charge in [-0.1, -0.05) is 23.4 Å². The molecule has 0 bridgehead atoms. The molecule has 0 aliphatic heterocycles. The molecule has 0 aliphatic carbocycles. The van der Waals surface area contributed by atoms with Crippen molar-refractivity contribution in [1.29, 1.82) is 0 Å². The number of anilines is 1. The van der Waals surface area contributed by atoms with Gasteiger partial charge < -0.3 is 15.6 Å². The summed E-state index contributed by atoms with van der Waals surface area (Å²) in [5.41, 5.74) is 6.33. The monoisotopic (exact) mass is 314 g/mol. The number of nitrogen functional groups attached to an aromatic ring is 1. The van der Waals surface area contributed by atoms with Crippen LogP contribution in [-0.4, -0.2) is 38.7 Å². The molecule has 0 saturated heterocycles. The summed E-state index contributed by atoms with van der Waals surface area (Å²) in [6.45, 7) is 0. The largest absolute Gasteiger partial charge is 0.495 e. The molecule has 0 aliphatic rings. The molecule has 2 rings (SSSR count). The van der Waals surface area contributed by atoms with Gasteiger partial charge in [0, 0.05) is 5.02 Å². The lowest BCUT2D eigenvalue weighted by atomic mass is 10.3. The van der Waals surface area contributed by atoms with Gasteiger partial charge in [0.25, 0.3) is 0 Å². The number of rotatable bonds is 5. The van der Waals surface area contributed by atoms with Gasteiger partial charge in [-0.15, -0.1) is 10.2 Å². The molecular formula is C11H11ClN4O3S. The normalized spacial score (nSPS) is 10.5. The van der Waals surface area contributed by atoms with Crippen LogP contribution < -0.4 is 10.5 Å². The van der Waals surface area contributed by atoms with Crippen molar-refractivity contribution in [2.45, 2.75) is 5.16 Å². The molecular weight excluding hydrogens is 304 g/mol. The van der Waals surface area contributed by atoms with Crippen LogP contribution in [0.1, 0.15) is 0 Å². The van der Waals surface area contributed by atoms with Crippen LogP contribution in [0.3, 0.4) is 0 Å². The predicted octanol–water partition coefficient (Wildman–Crippen LogP) is 1.69. The molecule has 0 fully saturated rings. The highest BCUT2D eigenvalue weighted by Crippen LogP contribution is 2.31. The van der Waals surface area contributed by atoms with E-state index in [0.717, 1.165) is 11.8 Å². The fourth-order valence-electron chi connectivity index (χ4n) is 1.57. The average Bonchev–Trinajstić information content (AvgIpc) is 2.77. The van der Waals surface area contributed by atoms with Crippen LogP contribution in [0.4, 0.5) is 5.95 Å². The van der Waals surface area contributed by atoms with E-state index >= 15 is 0 Å². The molecule has 0 atom stereocenters. The smallest absolute Gasteiger partial charge is 0.313 e. The summed E-state index contributed by atoms with van der Waals surface area (Å²) in [7, 11) is 1.51. The number of methoxy groups -OCH3 is 1. The predicted molar refractivity (Wildman–Crippen MR) is 75.7 cm³/mol. The fourth-order valence-corrected chi connectivity index (χ4v) is 2.40.